The lowest BCUT2D eigenvalue weighted by molar-refractivity contribution is 0.102. The van der Waals surface area contributed by atoms with E-state index in [0.29, 0.717) is 34.9 Å². The molecular formula is C26H27N3O4S2. The normalized spacial score (nSPS) is 11.7. The van der Waals surface area contributed by atoms with E-state index >= 15 is 0 Å². The van der Waals surface area contributed by atoms with Crippen molar-refractivity contribution in [2.24, 2.45) is 0 Å². The van der Waals surface area contributed by atoms with Crippen LogP contribution in [-0.2, 0) is 10.0 Å². The van der Waals surface area contributed by atoms with Gasteiger partial charge in [0.1, 0.15) is 10.8 Å². The number of hydrogen-bond donors (Lipinski definition) is 2. The van der Waals surface area contributed by atoms with E-state index in [9.17, 15) is 18.3 Å². The van der Waals surface area contributed by atoms with Crippen LogP contribution in [0.5, 0.6) is 5.75 Å². The van der Waals surface area contributed by atoms with E-state index in [-0.39, 0.29) is 16.6 Å². The Kier molecular flexibility index (Phi) is 7.49. The molecule has 4 rings (SSSR count). The Morgan fingerprint density at radius 3 is 2.34 bits per heavy atom. The second kappa shape index (κ2) is 10.6. The van der Waals surface area contributed by atoms with Crippen molar-refractivity contribution in [2.75, 3.05) is 18.4 Å². The second-order valence-electron chi connectivity index (χ2n) is 8.10. The quantitative estimate of drug-likeness (QED) is 0.281. The fourth-order valence-corrected chi connectivity index (χ4v) is 6.37. The monoisotopic (exact) mass is 509 g/mol. The lowest BCUT2D eigenvalue weighted by Gasteiger charge is -2.21. The van der Waals surface area contributed by atoms with Gasteiger partial charge in [-0.05, 0) is 67.4 Å². The Morgan fingerprint density at radius 1 is 1.00 bits per heavy atom. The molecule has 3 aromatic carbocycles. The van der Waals surface area contributed by atoms with Crippen molar-refractivity contribution in [2.45, 2.75) is 31.6 Å². The first-order valence-electron chi connectivity index (χ1n) is 11.4. The van der Waals surface area contributed by atoms with Crippen molar-refractivity contribution in [1.29, 1.82) is 0 Å². The molecule has 0 bridgehead atoms. The van der Waals surface area contributed by atoms with Crippen LogP contribution in [0, 0.1) is 0 Å². The maximum atomic E-state index is 12.9. The van der Waals surface area contributed by atoms with E-state index in [0.717, 1.165) is 23.1 Å². The highest BCUT2D eigenvalue weighted by molar-refractivity contribution is 7.89. The molecule has 0 radical (unpaired) electrons. The summed E-state index contributed by atoms with van der Waals surface area (Å²) in [6.07, 6.45) is 1.46. The number of nitrogens with one attached hydrogen (secondary N) is 1. The highest BCUT2D eigenvalue weighted by atomic mass is 32.2. The first kappa shape index (κ1) is 24.8. The van der Waals surface area contributed by atoms with Gasteiger partial charge in [-0.1, -0.05) is 26.0 Å². The van der Waals surface area contributed by atoms with Gasteiger partial charge in [0.05, 0.1) is 20.7 Å². The van der Waals surface area contributed by atoms with E-state index in [1.54, 1.807) is 12.1 Å². The Balaban J connectivity index is 1.53. The standard InChI is InChI=1S/C26H27N3O4S2/c1-3-15-29(16-4-2)35(32,33)20-12-9-18(10-13-20)25(31)27-19-11-14-23(30)21(17-19)26-28-22-7-5-6-8-24(22)34-26/h5-14,17,30H,3-4,15-16H2,1-2H3,(H,27,31). The molecule has 0 spiro atoms. The number of benzene rings is 3. The first-order valence-corrected chi connectivity index (χ1v) is 13.7. The topological polar surface area (TPSA) is 99.6 Å². The molecule has 0 atom stereocenters. The van der Waals surface area contributed by atoms with Crippen LogP contribution in [0.25, 0.3) is 20.8 Å². The fraction of sp³-hybridized carbons (Fsp3) is 0.231. The summed E-state index contributed by atoms with van der Waals surface area (Å²) in [5.41, 5.74) is 2.19. The summed E-state index contributed by atoms with van der Waals surface area (Å²) < 4.78 is 28.4. The molecule has 4 aromatic rings. The van der Waals surface area contributed by atoms with Gasteiger partial charge in [0.15, 0.2) is 0 Å². The van der Waals surface area contributed by atoms with E-state index in [4.69, 9.17) is 0 Å². The Hall–Kier alpha value is -3.27. The molecular weight excluding hydrogens is 482 g/mol. The third-order valence-corrected chi connectivity index (χ3v) is 8.46. The number of carbonyl (C=O) groups is 1. The van der Waals surface area contributed by atoms with Crippen LogP contribution in [0.3, 0.4) is 0 Å². The number of fused-ring (bicyclic) bond motifs is 1. The summed E-state index contributed by atoms with van der Waals surface area (Å²) >= 11 is 1.46. The predicted molar refractivity (Wildman–Crippen MR) is 140 cm³/mol. The van der Waals surface area contributed by atoms with E-state index < -0.39 is 10.0 Å². The van der Waals surface area contributed by atoms with Crippen LogP contribution in [0.1, 0.15) is 37.0 Å². The van der Waals surface area contributed by atoms with Crippen molar-refractivity contribution < 1.29 is 18.3 Å². The lowest BCUT2D eigenvalue weighted by Crippen LogP contribution is -2.32. The largest absolute Gasteiger partial charge is 0.507 e. The first-order chi connectivity index (χ1) is 16.8. The van der Waals surface area contributed by atoms with Crippen molar-refractivity contribution in [1.82, 2.24) is 9.29 Å². The third-order valence-electron chi connectivity index (χ3n) is 5.48. The summed E-state index contributed by atoms with van der Waals surface area (Å²) in [5, 5.41) is 13.9. The number of aromatic nitrogens is 1. The Labute approximate surface area is 209 Å². The van der Waals surface area contributed by atoms with Crippen LogP contribution in [0.15, 0.2) is 71.6 Å². The fourth-order valence-electron chi connectivity index (χ4n) is 3.75. The van der Waals surface area contributed by atoms with Crippen molar-refractivity contribution in [3.05, 3.63) is 72.3 Å². The number of phenolic OH excluding ortho intramolecular Hbond substituents is 1. The average Bonchev–Trinajstić information content (AvgIpc) is 3.29. The van der Waals surface area contributed by atoms with Crippen molar-refractivity contribution >= 4 is 43.2 Å². The highest BCUT2D eigenvalue weighted by Crippen LogP contribution is 2.36. The number of amides is 1. The van der Waals surface area contributed by atoms with Crippen LogP contribution in [-0.4, -0.2) is 41.8 Å². The highest BCUT2D eigenvalue weighted by Gasteiger charge is 2.23. The number of carbonyl (C=O) groups excluding carboxylic acids is 1. The lowest BCUT2D eigenvalue weighted by atomic mass is 10.1. The summed E-state index contributed by atoms with van der Waals surface area (Å²) in [6, 6.07) is 18.5. The van der Waals surface area contributed by atoms with Crippen LogP contribution >= 0.6 is 11.3 Å². The predicted octanol–water partition coefficient (Wildman–Crippen LogP) is 5.73. The number of sulfonamides is 1. The molecule has 7 nitrogen and oxygen atoms in total. The van der Waals surface area contributed by atoms with Gasteiger partial charge < -0.3 is 10.4 Å². The van der Waals surface area contributed by atoms with E-state index in [1.807, 2.05) is 38.1 Å². The van der Waals surface area contributed by atoms with Crippen LogP contribution in [0.4, 0.5) is 5.69 Å². The van der Waals surface area contributed by atoms with Gasteiger partial charge in [-0.15, -0.1) is 11.3 Å². The minimum atomic E-state index is -3.61. The minimum absolute atomic E-state index is 0.0697. The molecule has 1 heterocycles. The van der Waals surface area contributed by atoms with Gasteiger partial charge in [-0.2, -0.15) is 4.31 Å². The molecule has 182 valence electrons. The summed E-state index contributed by atoms with van der Waals surface area (Å²) in [5.74, 6) is -0.311. The molecule has 1 amide bonds. The molecule has 2 N–H and O–H groups in total. The number of rotatable bonds is 9. The molecule has 35 heavy (non-hydrogen) atoms. The third kappa shape index (κ3) is 5.37. The van der Waals surface area contributed by atoms with Gasteiger partial charge in [0, 0.05) is 24.3 Å². The molecule has 0 fully saturated rings. The maximum absolute atomic E-state index is 12.9. The Bertz CT molecular complexity index is 1410. The summed E-state index contributed by atoms with van der Waals surface area (Å²) in [6.45, 7) is 4.79. The average molecular weight is 510 g/mol. The van der Waals surface area contributed by atoms with Gasteiger partial charge in [0.2, 0.25) is 10.0 Å². The number of hydrogen-bond acceptors (Lipinski definition) is 6. The van der Waals surface area contributed by atoms with E-state index in [2.05, 4.69) is 10.3 Å². The zero-order chi connectivity index (χ0) is 25.0. The van der Waals surface area contributed by atoms with Crippen LogP contribution < -0.4 is 5.32 Å². The molecule has 0 saturated carbocycles. The number of nitrogens with zero attached hydrogens (tertiary/aromatic N) is 2. The van der Waals surface area contributed by atoms with Gasteiger partial charge in [0.25, 0.3) is 5.91 Å². The Morgan fingerprint density at radius 2 is 1.69 bits per heavy atom. The molecule has 0 aliphatic carbocycles. The van der Waals surface area contributed by atoms with E-state index in [1.165, 1.54) is 46.0 Å². The van der Waals surface area contributed by atoms with Gasteiger partial charge in [-0.25, -0.2) is 13.4 Å². The number of para-hydroxylation sites is 1. The molecule has 0 aliphatic rings. The number of phenols is 1. The zero-order valence-electron chi connectivity index (χ0n) is 19.6. The van der Waals surface area contributed by atoms with Crippen LogP contribution in [0.2, 0.25) is 0 Å². The zero-order valence-corrected chi connectivity index (χ0v) is 21.2. The van der Waals surface area contributed by atoms with Gasteiger partial charge in [-0.3, -0.25) is 4.79 Å². The number of aromatic hydroxyl groups is 1. The SMILES string of the molecule is CCCN(CCC)S(=O)(=O)c1ccc(C(=O)Nc2ccc(O)c(-c3nc4ccccc4s3)c2)cc1. The number of thiazole rings is 1. The molecule has 0 saturated heterocycles. The summed E-state index contributed by atoms with van der Waals surface area (Å²) in [4.78, 5) is 17.6. The summed E-state index contributed by atoms with van der Waals surface area (Å²) in [7, 11) is -3.61. The smallest absolute Gasteiger partial charge is 0.255 e. The van der Waals surface area contributed by atoms with Crippen molar-refractivity contribution in [3.63, 3.8) is 0 Å². The molecule has 0 unspecified atom stereocenters. The second-order valence-corrected chi connectivity index (χ2v) is 11.1. The maximum Gasteiger partial charge on any atom is 0.255 e. The molecule has 9 heteroatoms. The molecule has 0 aliphatic heterocycles. The van der Waals surface area contributed by atoms with Gasteiger partial charge >= 0.3 is 0 Å². The molecule has 1 aromatic heterocycles. The number of anilines is 1. The van der Waals surface area contributed by atoms with Crippen molar-refractivity contribution in [3.8, 4) is 16.3 Å². The minimum Gasteiger partial charge on any atom is -0.507 e.